The second-order valence-corrected chi connectivity index (χ2v) is 5.85. The molecule has 5 nitrogen and oxygen atoms in total. The molecule has 0 radical (unpaired) electrons. The van der Waals surface area contributed by atoms with Gasteiger partial charge in [0.05, 0.1) is 17.7 Å². The van der Waals surface area contributed by atoms with Gasteiger partial charge in [0.15, 0.2) is 0 Å². The summed E-state index contributed by atoms with van der Waals surface area (Å²) in [6.07, 6.45) is 0. The second-order valence-electron chi connectivity index (χ2n) is 4.14. The summed E-state index contributed by atoms with van der Waals surface area (Å²) >= 11 is 0. The van der Waals surface area contributed by atoms with E-state index in [1.165, 1.54) is 13.2 Å². The highest BCUT2D eigenvalue weighted by atomic mass is 32.2. The Bertz CT molecular complexity index is 486. The predicted molar refractivity (Wildman–Crippen MR) is 67.6 cm³/mol. The lowest BCUT2D eigenvalue weighted by Crippen LogP contribution is -2.30. The van der Waals surface area contributed by atoms with Gasteiger partial charge in [0.25, 0.3) is 0 Å². The minimum atomic E-state index is -3.52. The number of nitrogens with one attached hydrogen (secondary N) is 1. The summed E-state index contributed by atoms with van der Waals surface area (Å²) in [5, 5.41) is 0. The van der Waals surface area contributed by atoms with Gasteiger partial charge in [0, 0.05) is 6.04 Å². The lowest BCUT2D eigenvalue weighted by atomic mass is 10.2. The zero-order valence-corrected chi connectivity index (χ0v) is 11.3. The zero-order valence-electron chi connectivity index (χ0n) is 10.4. The quantitative estimate of drug-likeness (QED) is 0.797. The number of rotatable bonds is 4. The fourth-order valence-electron chi connectivity index (χ4n) is 1.58. The van der Waals surface area contributed by atoms with Crippen LogP contribution in [0, 0.1) is 6.92 Å². The Morgan fingerprint density at radius 1 is 1.35 bits per heavy atom. The minimum absolute atomic E-state index is 0.155. The smallest absolute Gasteiger partial charge is 0.240 e. The van der Waals surface area contributed by atoms with Gasteiger partial charge in [-0.3, -0.25) is 0 Å². The number of anilines is 1. The van der Waals surface area contributed by atoms with Crippen LogP contribution >= 0.6 is 0 Å². The number of ether oxygens (including phenoxy) is 1. The van der Waals surface area contributed by atoms with E-state index >= 15 is 0 Å². The van der Waals surface area contributed by atoms with E-state index in [1.54, 1.807) is 26.8 Å². The van der Waals surface area contributed by atoms with Gasteiger partial charge >= 0.3 is 0 Å². The molecule has 0 spiro atoms. The minimum Gasteiger partial charge on any atom is -0.494 e. The maximum absolute atomic E-state index is 11.9. The molecule has 1 aromatic rings. The Balaban J connectivity index is 3.26. The van der Waals surface area contributed by atoms with E-state index in [-0.39, 0.29) is 10.9 Å². The van der Waals surface area contributed by atoms with E-state index in [0.717, 1.165) is 0 Å². The largest absolute Gasteiger partial charge is 0.494 e. The first-order valence-electron chi connectivity index (χ1n) is 5.24. The number of hydrogen-bond donors (Lipinski definition) is 2. The standard InChI is InChI=1S/C11H18N2O3S/c1-7(2)13-17(14,15)9-5-8(3)11(16-4)10(12)6-9/h5-7,13H,12H2,1-4H3. The summed E-state index contributed by atoms with van der Waals surface area (Å²) in [7, 11) is -2.02. The van der Waals surface area contributed by atoms with E-state index in [4.69, 9.17) is 10.5 Å². The molecule has 0 aromatic heterocycles. The highest BCUT2D eigenvalue weighted by molar-refractivity contribution is 7.89. The molecule has 0 amide bonds. The van der Waals surface area contributed by atoms with Crippen molar-refractivity contribution in [1.82, 2.24) is 4.72 Å². The summed E-state index contributed by atoms with van der Waals surface area (Å²) in [5.41, 5.74) is 6.75. The first kappa shape index (κ1) is 13.8. The van der Waals surface area contributed by atoms with Gasteiger partial charge < -0.3 is 10.5 Å². The summed E-state index contributed by atoms with van der Waals surface area (Å²) < 4.78 is 31.5. The number of hydrogen-bond acceptors (Lipinski definition) is 4. The number of nitrogen functional groups attached to an aromatic ring is 1. The Morgan fingerprint density at radius 2 is 1.94 bits per heavy atom. The number of aryl methyl sites for hydroxylation is 1. The first-order chi connectivity index (χ1) is 7.77. The SMILES string of the molecule is COc1c(C)cc(S(=O)(=O)NC(C)C)cc1N. The van der Waals surface area contributed by atoms with Crippen LogP contribution in [0.4, 0.5) is 5.69 Å². The highest BCUT2D eigenvalue weighted by Gasteiger charge is 2.18. The van der Waals surface area contributed by atoms with Crippen molar-refractivity contribution in [1.29, 1.82) is 0 Å². The fraction of sp³-hybridized carbons (Fsp3) is 0.455. The van der Waals surface area contributed by atoms with Gasteiger partial charge in [-0.2, -0.15) is 0 Å². The number of nitrogens with two attached hydrogens (primary N) is 1. The average molecular weight is 258 g/mol. The number of sulfonamides is 1. The van der Waals surface area contributed by atoms with Crippen molar-refractivity contribution in [2.24, 2.45) is 0 Å². The highest BCUT2D eigenvalue weighted by Crippen LogP contribution is 2.29. The van der Waals surface area contributed by atoms with Crippen LogP contribution < -0.4 is 15.2 Å². The molecule has 6 heteroatoms. The van der Waals surface area contributed by atoms with Gasteiger partial charge in [0.2, 0.25) is 10.0 Å². The Labute approximate surface area is 102 Å². The third-order valence-corrected chi connectivity index (χ3v) is 3.82. The van der Waals surface area contributed by atoms with Gasteiger partial charge in [0.1, 0.15) is 5.75 Å². The van der Waals surface area contributed by atoms with Crippen molar-refractivity contribution in [3.8, 4) is 5.75 Å². The summed E-state index contributed by atoms with van der Waals surface area (Å²) in [5.74, 6) is 0.508. The molecule has 0 saturated carbocycles. The van der Waals surface area contributed by atoms with Crippen molar-refractivity contribution >= 4 is 15.7 Å². The van der Waals surface area contributed by atoms with Gasteiger partial charge in [-0.05, 0) is 38.5 Å². The topological polar surface area (TPSA) is 81.4 Å². The van der Waals surface area contributed by atoms with Crippen LogP contribution in [0.3, 0.4) is 0 Å². The van der Waals surface area contributed by atoms with Crippen molar-refractivity contribution in [3.63, 3.8) is 0 Å². The summed E-state index contributed by atoms with van der Waals surface area (Å²) in [4.78, 5) is 0.155. The van der Waals surface area contributed by atoms with E-state index < -0.39 is 10.0 Å². The van der Waals surface area contributed by atoms with Crippen LogP contribution in [-0.4, -0.2) is 21.6 Å². The van der Waals surface area contributed by atoms with Crippen LogP contribution in [0.1, 0.15) is 19.4 Å². The zero-order chi connectivity index (χ0) is 13.2. The Hall–Kier alpha value is -1.27. The van der Waals surface area contributed by atoms with Crippen molar-refractivity contribution in [2.45, 2.75) is 31.7 Å². The molecule has 1 aromatic carbocycles. The van der Waals surface area contributed by atoms with E-state index in [2.05, 4.69) is 4.72 Å². The van der Waals surface area contributed by atoms with Crippen LogP contribution in [0.2, 0.25) is 0 Å². The van der Waals surface area contributed by atoms with Crippen molar-refractivity contribution in [3.05, 3.63) is 17.7 Å². The molecule has 0 saturated heterocycles. The second kappa shape index (κ2) is 4.93. The van der Waals surface area contributed by atoms with Crippen LogP contribution in [0.5, 0.6) is 5.75 Å². The average Bonchev–Trinajstić information content (AvgIpc) is 2.14. The lowest BCUT2D eigenvalue weighted by molar-refractivity contribution is 0.413. The summed E-state index contributed by atoms with van der Waals surface area (Å²) in [6, 6.07) is 2.78. The number of methoxy groups -OCH3 is 1. The molecule has 0 fully saturated rings. The normalized spacial score (nSPS) is 11.8. The molecular formula is C11H18N2O3S. The van der Waals surface area contributed by atoms with Gasteiger partial charge in [-0.1, -0.05) is 0 Å². The van der Waals surface area contributed by atoms with Gasteiger partial charge in [-0.25, -0.2) is 13.1 Å². The molecule has 0 unspecified atom stereocenters. The molecule has 0 bridgehead atoms. The maximum Gasteiger partial charge on any atom is 0.240 e. The fourth-order valence-corrected chi connectivity index (χ4v) is 2.95. The molecule has 0 heterocycles. The van der Waals surface area contributed by atoms with E-state index in [0.29, 0.717) is 17.0 Å². The molecule has 3 N–H and O–H groups in total. The monoisotopic (exact) mass is 258 g/mol. The molecule has 1 rings (SSSR count). The van der Waals surface area contributed by atoms with Crippen LogP contribution in [0.15, 0.2) is 17.0 Å². The predicted octanol–water partition coefficient (Wildman–Crippen LogP) is 1.27. The Morgan fingerprint density at radius 3 is 2.35 bits per heavy atom. The maximum atomic E-state index is 11.9. The molecule has 0 aliphatic carbocycles. The molecule has 96 valence electrons. The van der Waals surface area contributed by atoms with Crippen LogP contribution in [-0.2, 0) is 10.0 Å². The van der Waals surface area contributed by atoms with Crippen molar-refractivity contribution in [2.75, 3.05) is 12.8 Å². The molecule has 0 atom stereocenters. The van der Waals surface area contributed by atoms with Gasteiger partial charge in [-0.15, -0.1) is 0 Å². The molecule has 17 heavy (non-hydrogen) atoms. The van der Waals surface area contributed by atoms with E-state index in [9.17, 15) is 8.42 Å². The first-order valence-corrected chi connectivity index (χ1v) is 6.72. The van der Waals surface area contributed by atoms with Crippen molar-refractivity contribution < 1.29 is 13.2 Å². The third kappa shape index (κ3) is 3.10. The lowest BCUT2D eigenvalue weighted by Gasteiger charge is -2.13. The summed E-state index contributed by atoms with van der Waals surface area (Å²) in [6.45, 7) is 5.28. The Kier molecular flexibility index (Phi) is 4.00. The third-order valence-electron chi connectivity index (χ3n) is 2.18. The molecule has 0 aliphatic heterocycles. The molecule has 0 aliphatic rings. The molecular weight excluding hydrogens is 240 g/mol. The number of benzene rings is 1. The van der Waals surface area contributed by atoms with E-state index in [1.807, 2.05) is 0 Å². The van der Waals surface area contributed by atoms with Crippen LogP contribution in [0.25, 0.3) is 0 Å².